The predicted molar refractivity (Wildman–Crippen MR) is 158 cm³/mol. The zero-order valence-electron chi connectivity index (χ0n) is 22.7. The molecule has 0 saturated carbocycles. The first-order valence-electron chi connectivity index (χ1n) is 13.1. The lowest BCUT2D eigenvalue weighted by Crippen LogP contribution is -2.50. The molecule has 0 aromatic heterocycles. The van der Waals surface area contributed by atoms with Crippen LogP contribution in [0.3, 0.4) is 0 Å². The van der Waals surface area contributed by atoms with E-state index >= 15 is 0 Å². The summed E-state index contributed by atoms with van der Waals surface area (Å²) in [7, 11) is 0. The van der Waals surface area contributed by atoms with Crippen molar-refractivity contribution in [3.05, 3.63) is 113 Å². The number of allylic oxidation sites excluding steroid dienone is 2. The Labute approximate surface area is 237 Å². The Morgan fingerprint density at radius 1 is 1.05 bits per heavy atom. The largest absolute Gasteiger partial charge is 0.507 e. The second-order valence-corrected chi connectivity index (χ2v) is 10.0. The lowest BCUT2D eigenvalue weighted by Gasteiger charge is -2.29. The molecule has 1 aliphatic heterocycles. The van der Waals surface area contributed by atoms with Gasteiger partial charge in [0.1, 0.15) is 11.5 Å². The number of phenols is 1. The first-order valence-corrected chi connectivity index (χ1v) is 13.1. The maximum atomic E-state index is 13.6. The molecule has 9 nitrogen and oxygen atoms in total. The Hall–Kier alpha value is -5.02. The molecule has 0 radical (unpaired) electrons. The summed E-state index contributed by atoms with van der Waals surface area (Å²) in [6, 6.07) is 21.9. The number of para-hydroxylation sites is 1. The van der Waals surface area contributed by atoms with Gasteiger partial charge < -0.3 is 14.9 Å². The van der Waals surface area contributed by atoms with Crippen LogP contribution < -0.4 is 10.4 Å². The number of ether oxygens (including phenoxy) is 1. The monoisotopic (exact) mass is 550 g/mol. The number of hydrogen-bond donors (Lipinski definition) is 3. The number of hydrazone groups is 2. The molecule has 3 N–H and O–H groups in total. The lowest BCUT2D eigenvalue weighted by atomic mass is 9.84. The van der Waals surface area contributed by atoms with Crippen molar-refractivity contribution in [2.24, 2.45) is 10.2 Å². The molecule has 1 amide bonds. The lowest BCUT2D eigenvalue weighted by molar-refractivity contribution is -0.142. The van der Waals surface area contributed by atoms with Crippen LogP contribution in [0.2, 0.25) is 0 Å². The SMILES string of the molecule is Cc1ccc(N2N=C(COCc3ccccc3)/C(=N/NC3(C(=O)O)C=CC=C(c4ccccc4O)C3)C2=O)cc1C. The normalized spacial score (nSPS) is 19.3. The second kappa shape index (κ2) is 11.6. The van der Waals surface area contributed by atoms with Crippen molar-refractivity contribution >= 4 is 34.6 Å². The Morgan fingerprint density at radius 2 is 1.80 bits per heavy atom. The van der Waals surface area contributed by atoms with Crippen LogP contribution in [0.4, 0.5) is 5.69 Å². The Balaban J connectivity index is 1.43. The molecule has 2 aliphatic rings. The van der Waals surface area contributed by atoms with Gasteiger partial charge in [-0.2, -0.15) is 15.2 Å². The number of rotatable bonds is 9. The van der Waals surface area contributed by atoms with E-state index in [4.69, 9.17) is 4.74 Å². The summed E-state index contributed by atoms with van der Waals surface area (Å²) in [5.74, 6) is -1.65. The van der Waals surface area contributed by atoms with Crippen LogP contribution in [-0.4, -0.2) is 45.7 Å². The minimum Gasteiger partial charge on any atom is -0.507 e. The third-order valence-electron chi connectivity index (χ3n) is 7.12. The van der Waals surface area contributed by atoms with Gasteiger partial charge in [-0.1, -0.05) is 66.7 Å². The molecule has 5 rings (SSSR count). The highest BCUT2D eigenvalue weighted by Crippen LogP contribution is 2.35. The molecule has 0 spiro atoms. The summed E-state index contributed by atoms with van der Waals surface area (Å²) in [5.41, 5.74) is 6.05. The minimum atomic E-state index is -1.66. The van der Waals surface area contributed by atoms with Crippen molar-refractivity contribution in [1.82, 2.24) is 5.43 Å². The number of nitrogens with zero attached hydrogens (tertiary/aromatic N) is 3. The zero-order valence-corrected chi connectivity index (χ0v) is 22.7. The van der Waals surface area contributed by atoms with Gasteiger partial charge in [0.15, 0.2) is 11.3 Å². The van der Waals surface area contributed by atoms with E-state index in [2.05, 4.69) is 15.6 Å². The maximum absolute atomic E-state index is 13.6. The van der Waals surface area contributed by atoms with Gasteiger partial charge >= 0.3 is 11.9 Å². The average Bonchev–Trinajstić information content (AvgIpc) is 3.29. The number of phenolic OH excluding ortho intramolecular Hbond substituents is 1. The molecule has 3 aromatic rings. The Morgan fingerprint density at radius 3 is 2.54 bits per heavy atom. The molecular weight excluding hydrogens is 520 g/mol. The van der Waals surface area contributed by atoms with Crippen molar-refractivity contribution in [3.63, 3.8) is 0 Å². The maximum Gasteiger partial charge on any atom is 0.335 e. The number of aliphatic carboxylic acids is 1. The molecule has 9 heteroatoms. The van der Waals surface area contributed by atoms with E-state index in [1.807, 2.05) is 56.3 Å². The predicted octanol–water partition coefficient (Wildman–Crippen LogP) is 4.74. The van der Waals surface area contributed by atoms with Gasteiger partial charge in [0, 0.05) is 12.0 Å². The highest BCUT2D eigenvalue weighted by Gasteiger charge is 2.40. The Kier molecular flexibility index (Phi) is 7.80. The summed E-state index contributed by atoms with van der Waals surface area (Å²) in [5, 5.41) is 30.7. The molecule has 41 heavy (non-hydrogen) atoms. The molecule has 1 unspecified atom stereocenters. The molecule has 1 atom stereocenters. The summed E-state index contributed by atoms with van der Waals surface area (Å²) < 4.78 is 5.88. The van der Waals surface area contributed by atoms with Crippen LogP contribution in [-0.2, 0) is 20.9 Å². The van der Waals surface area contributed by atoms with Gasteiger partial charge in [0.05, 0.1) is 18.9 Å². The summed E-state index contributed by atoms with van der Waals surface area (Å²) >= 11 is 0. The number of aromatic hydroxyl groups is 1. The fourth-order valence-corrected chi connectivity index (χ4v) is 4.62. The molecule has 1 aliphatic carbocycles. The number of carbonyl (C=O) groups excluding carboxylic acids is 1. The van der Waals surface area contributed by atoms with E-state index in [9.17, 15) is 19.8 Å². The second-order valence-electron chi connectivity index (χ2n) is 10.0. The third-order valence-corrected chi connectivity index (χ3v) is 7.12. The van der Waals surface area contributed by atoms with Crippen LogP contribution >= 0.6 is 0 Å². The molecule has 1 heterocycles. The average molecular weight is 551 g/mol. The molecule has 3 aromatic carbocycles. The van der Waals surface area contributed by atoms with Crippen LogP contribution in [0.5, 0.6) is 5.75 Å². The molecule has 208 valence electrons. The molecule has 0 bridgehead atoms. The number of nitrogens with one attached hydrogen (secondary N) is 1. The topological polar surface area (TPSA) is 124 Å². The molecule has 0 fully saturated rings. The van der Waals surface area contributed by atoms with Crippen molar-refractivity contribution in [1.29, 1.82) is 0 Å². The van der Waals surface area contributed by atoms with Crippen LogP contribution in [0.1, 0.15) is 28.7 Å². The van der Waals surface area contributed by atoms with Gasteiger partial charge in [0.25, 0.3) is 0 Å². The van der Waals surface area contributed by atoms with Gasteiger partial charge in [-0.3, -0.25) is 10.2 Å². The number of hydrogen-bond acceptors (Lipinski definition) is 7. The number of benzene rings is 3. The van der Waals surface area contributed by atoms with Crippen molar-refractivity contribution < 1.29 is 24.5 Å². The first kappa shape index (κ1) is 27.5. The van der Waals surface area contributed by atoms with Crippen molar-refractivity contribution in [3.8, 4) is 5.75 Å². The summed E-state index contributed by atoms with van der Waals surface area (Å²) in [6.07, 6.45) is 4.81. The highest BCUT2D eigenvalue weighted by atomic mass is 16.5. The minimum absolute atomic E-state index is 0.0125. The van der Waals surface area contributed by atoms with E-state index in [1.54, 1.807) is 42.5 Å². The van der Waals surface area contributed by atoms with E-state index in [1.165, 1.54) is 11.1 Å². The summed E-state index contributed by atoms with van der Waals surface area (Å²) in [4.78, 5) is 26.2. The molecular formula is C32H30N4O5. The van der Waals surface area contributed by atoms with E-state index in [0.717, 1.165) is 16.7 Å². The van der Waals surface area contributed by atoms with Gasteiger partial charge in [-0.25, -0.2) is 4.79 Å². The van der Waals surface area contributed by atoms with Crippen LogP contribution in [0.25, 0.3) is 5.57 Å². The third kappa shape index (κ3) is 5.80. The standard InChI is InChI=1S/C32H30N4O5/c1-21-14-15-25(17-22(21)2)36-30(38)29(27(34-36)20-41-19-23-9-4-3-5-10-23)33-35-32(31(39)40)16-8-11-24(18-32)26-12-6-7-13-28(26)37/h3-17,35,37H,18-20H2,1-2H3,(H,39,40)/b33-29-. The molecule has 0 saturated heterocycles. The number of aryl methyl sites for hydroxylation is 2. The van der Waals surface area contributed by atoms with Gasteiger partial charge in [-0.05, 0) is 60.4 Å². The van der Waals surface area contributed by atoms with Crippen LogP contribution in [0.15, 0.2) is 101 Å². The van der Waals surface area contributed by atoms with Crippen LogP contribution in [0, 0.1) is 13.8 Å². The fraction of sp³-hybridized carbons (Fsp3) is 0.188. The van der Waals surface area contributed by atoms with E-state index in [0.29, 0.717) is 23.4 Å². The quantitative estimate of drug-likeness (QED) is 0.331. The fourth-order valence-electron chi connectivity index (χ4n) is 4.62. The Bertz CT molecular complexity index is 1610. The number of carboxylic acid groups (broad SMARTS) is 1. The van der Waals surface area contributed by atoms with Gasteiger partial charge in [-0.15, -0.1) is 0 Å². The zero-order chi connectivity index (χ0) is 29.0. The van der Waals surface area contributed by atoms with Gasteiger partial charge in [0.2, 0.25) is 0 Å². The number of carbonyl (C=O) groups is 2. The number of anilines is 1. The smallest absolute Gasteiger partial charge is 0.335 e. The number of amides is 1. The van der Waals surface area contributed by atoms with E-state index in [-0.39, 0.29) is 30.2 Å². The highest BCUT2D eigenvalue weighted by molar-refractivity contribution is 6.71. The first-order chi connectivity index (χ1) is 19.8. The van der Waals surface area contributed by atoms with E-state index < -0.39 is 17.4 Å². The van der Waals surface area contributed by atoms with Crippen molar-refractivity contribution in [2.75, 3.05) is 11.6 Å². The summed E-state index contributed by atoms with van der Waals surface area (Å²) in [6.45, 7) is 4.22. The number of carboxylic acids is 1. The van der Waals surface area contributed by atoms with Crippen molar-refractivity contribution in [2.45, 2.75) is 32.4 Å².